The number of methoxy groups -OCH3 is 1. The Balaban J connectivity index is 1.94. The van der Waals surface area contributed by atoms with Crippen molar-refractivity contribution < 1.29 is 17.9 Å². The van der Waals surface area contributed by atoms with E-state index in [0.717, 1.165) is 5.56 Å². The fraction of sp³-hybridized carbons (Fsp3) is 0.174. The maximum absolute atomic E-state index is 13.7. The Morgan fingerprint density at radius 1 is 0.900 bits per heavy atom. The van der Waals surface area contributed by atoms with E-state index >= 15 is 0 Å². The van der Waals surface area contributed by atoms with Gasteiger partial charge in [0.15, 0.2) is 0 Å². The molecule has 4 rings (SSSR count). The highest BCUT2D eigenvalue weighted by Crippen LogP contribution is 2.49. The second kappa shape index (κ2) is 7.50. The molecule has 1 atom stereocenters. The molecule has 1 aliphatic heterocycles. The summed E-state index contributed by atoms with van der Waals surface area (Å²) in [5.74, 6) is 0.404. The number of anilines is 2. The summed E-state index contributed by atoms with van der Waals surface area (Å²) in [5.41, 5.74) is 2.65. The van der Waals surface area contributed by atoms with Crippen LogP contribution in [-0.4, -0.2) is 21.4 Å². The van der Waals surface area contributed by atoms with Crippen LogP contribution in [0.3, 0.4) is 0 Å². The van der Waals surface area contributed by atoms with Crippen LogP contribution in [0.4, 0.5) is 11.4 Å². The molecule has 0 aliphatic carbocycles. The van der Waals surface area contributed by atoms with Crippen LogP contribution in [0.1, 0.15) is 24.2 Å². The number of nitrogens with zero attached hydrogens (tertiary/aromatic N) is 2. The van der Waals surface area contributed by atoms with Crippen LogP contribution >= 0.6 is 0 Å². The van der Waals surface area contributed by atoms with Crippen LogP contribution in [0, 0.1) is 6.92 Å². The molecule has 6 nitrogen and oxygen atoms in total. The number of benzene rings is 3. The molecule has 0 saturated carbocycles. The zero-order chi connectivity index (χ0) is 21.5. The molecule has 154 valence electrons. The van der Waals surface area contributed by atoms with Crippen molar-refractivity contribution in [2.24, 2.45) is 0 Å². The number of fused-ring (bicyclic) bond motifs is 1. The molecular weight excluding hydrogens is 400 g/mol. The summed E-state index contributed by atoms with van der Waals surface area (Å²) in [6.45, 7) is 3.34. The summed E-state index contributed by atoms with van der Waals surface area (Å²) < 4.78 is 34.1. The Morgan fingerprint density at radius 3 is 2.07 bits per heavy atom. The molecule has 3 aromatic carbocycles. The largest absolute Gasteiger partial charge is 0.497 e. The highest BCUT2D eigenvalue weighted by Gasteiger charge is 2.45. The number of para-hydroxylation sites is 2. The molecule has 30 heavy (non-hydrogen) atoms. The Kier molecular flexibility index (Phi) is 4.99. The molecule has 0 spiro atoms. The van der Waals surface area contributed by atoms with Crippen LogP contribution in [0.2, 0.25) is 0 Å². The summed E-state index contributed by atoms with van der Waals surface area (Å²) in [6, 6.07) is 20.8. The lowest BCUT2D eigenvalue weighted by Gasteiger charge is -2.31. The SMILES string of the molecule is COc1ccc([C@@H]2N(C(C)=O)c3ccccc3N2S(=O)(=O)c2ccc(C)cc2)cc1. The zero-order valence-corrected chi connectivity index (χ0v) is 17.8. The predicted molar refractivity (Wildman–Crippen MR) is 116 cm³/mol. The summed E-state index contributed by atoms with van der Waals surface area (Å²) in [6.07, 6.45) is -0.836. The van der Waals surface area contributed by atoms with Gasteiger partial charge in [0.05, 0.1) is 23.4 Å². The van der Waals surface area contributed by atoms with Gasteiger partial charge in [0.25, 0.3) is 10.0 Å². The molecule has 3 aromatic rings. The first-order valence-corrected chi connectivity index (χ1v) is 10.9. The minimum absolute atomic E-state index is 0.173. The van der Waals surface area contributed by atoms with Crippen molar-refractivity contribution in [2.75, 3.05) is 16.3 Å². The van der Waals surface area contributed by atoms with Crippen molar-refractivity contribution in [1.82, 2.24) is 0 Å². The van der Waals surface area contributed by atoms with E-state index in [-0.39, 0.29) is 10.8 Å². The standard InChI is InChI=1S/C23H22N2O4S/c1-16-8-14-20(15-9-16)30(27,28)25-22-7-5-4-6-21(22)24(17(2)26)23(25)18-10-12-19(29-3)13-11-18/h4-15,23H,1-3H3/t23-/m1/s1. The number of carbonyl (C=O) groups is 1. The Bertz CT molecular complexity index is 1190. The second-order valence-electron chi connectivity index (χ2n) is 7.14. The van der Waals surface area contributed by atoms with Gasteiger partial charge in [-0.05, 0) is 48.9 Å². The van der Waals surface area contributed by atoms with Crippen molar-refractivity contribution in [3.63, 3.8) is 0 Å². The van der Waals surface area contributed by atoms with E-state index in [4.69, 9.17) is 4.74 Å². The third-order valence-electron chi connectivity index (χ3n) is 5.18. The lowest BCUT2D eigenvalue weighted by molar-refractivity contribution is -0.116. The fourth-order valence-electron chi connectivity index (χ4n) is 3.71. The van der Waals surface area contributed by atoms with Gasteiger partial charge in [0, 0.05) is 6.92 Å². The van der Waals surface area contributed by atoms with E-state index in [2.05, 4.69) is 0 Å². The zero-order valence-electron chi connectivity index (χ0n) is 16.9. The lowest BCUT2D eigenvalue weighted by atomic mass is 10.1. The first kappa shape index (κ1) is 20.0. The molecule has 0 radical (unpaired) electrons. The molecule has 0 bridgehead atoms. The van der Waals surface area contributed by atoms with Gasteiger partial charge in [0.2, 0.25) is 5.91 Å². The van der Waals surface area contributed by atoms with Crippen LogP contribution in [-0.2, 0) is 14.8 Å². The quantitative estimate of drug-likeness (QED) is 0.630. The molecule has 0 aromatic heterocycles. The number of hydrogen-bond donors (Lipinski definition) is 0. The monoisotopic (exact) mass is 422 g/mol. The third-order valence-corrected chi connectivity index (χ3v) is 6.96. The van der Waals surface area contributed by atoms with Gasteiger partial charge in [-0.2, -0.15) is 0 Å². The van der Waals surface area contributed by atoms with Crippen molar-refractivity contribution in [2.45, 2.75) is 24.9 Å². The van der Waals surface area contributed by atoms with Gasteiger partial charge in [-0.15, -0.1) is 0 Å². The predicted octanol–water partition coefficient (Wildman–Crippen LogP) is 4.26. The van der Waals surface area contributed by atoms with Gasteiger partial charge in [-0.1, -0.05) is 42.0 Å². The summed E-state index contributed by atoms with van der Waals surface area (Å²) in [7, 11) is -2.37. The Hall–Kier alpha value is -3.32. The van der Waals surface area contributed by atoms with Gasteiger partial charge in [-0.3, -0.25) is 9.69 Å². The van der Waals surface area contributed by atoms with E-state index in [1.165, 1.54) is 16.1 Å². The van der Waals surface area contributed by atoms with Crippen molar-refractivity contribution >= 4 is 27.3 Å². The van der Waals surface area contributed by atoms with E-state index in [0.29, 0.717) is 22.7 Å². The van der Waals surface area contributed by atoms with Gasteiger partial charge >= 0.3 is 0 Å². The number of rotatable bonds is 4. The number of ether oxygens (including phenoxy) is 1. The summed E-state index contributed by atoms with van der Waals surface area (Å²) in [4.78, 5) is 14.3. The molecule has 1 heterocycles. The third kappa shape index (κ3) is 3.21. The van der Waals surface area contributed by atoms with E-state index in [9.17, 15) is 13.2 Å². The number of amides is 1. The van der Waals surface area contributed by atoms with Crippen molar-refractivity contribution in [1.29, 1.82) is 0 Å². The lowest BCUT2D eigenvalue weighted by Crippen LogP contribution is -2.41. The number of aryl methyl sites for hydroxylation is 1. The van der Waals surface area contributed by atoms with Crippen LogP contribution in [0.5, 0.6) is 5.75 Å². The van der Waals surface area contributed by atoms with E-state index < -0.39 is 16.2 Å². The summed E-state index contributed by atoms with van der Waals surface area (Å²) >= 11 is 0. The first-order valence-electron chi connectivity index (χ1n) is 9.48. The number of carbonyl (C=O) groups excluding carboxylic acids is 1. The fourth-order valence-corrected chi connectivity index (χ4v) is 5.31. The van der Waals surface area contributed by atoms with Gasteiger partial charge in [0.1, 0.15) is 11.9 Å². The first-order chi connectivity index (χ1) is 14.3. The number of hydrogen-bond acceptors (Lipinski definition) is 4. The molecule has 0 saturated heterocycles. The average Bonchev–Trinajstić information content (AvgIpc) is 3.10. The maximum atomic E-state index is 13.7. The highest BCUT2D eigenvalue weighted by atomic mass is 32.2. The van der Waals surface area contributed by atoms with Crippen molar-refractivity contribution in [3.05, 3.63) is 83.9 Å². The van der Waals surface area contributed by atoms with Crippen LogP contribution < -0.4 is 13.9 Å². The Labute approximate surface area is 176 Å². The molecule has 0 fully saturated rings. The van der Waals surface area contributed by atoms with Crippen LogP contribution in [0.25, 0.3) is 0 Å². The molecule has 1 aliphatic rings. The highest BCUT2D eigenvalue weighted by molar-refractivity contribution is 7.92. The van der Waals surface area contributed by atoms with Gasteiger partial charge in [-0.25, -0.2) is 12.7 Å². The second-order valence-corrected chi connectivity index (χ2v) is 8.95. The Morgan fingerprint density at radius 2 is 1.50 bits per heavy atom. The minimum atomic E-state index is -3.94. The smallest absolute Gasteiger partial charge is 0.266 e. The van der Waals surface area contributed by atoms with Gasteiger partial charge < -0.3 is 4.74 Å². The van der Waals surface area contributed by atoms with Crippen molar-refractivity contribution in [3.8, 4) is 5.75 Å². The van der Waals surface area contributed by atoms with E-state index in [1.54, 1.807) is 79.9 Å². The molecule has 1 amide bonds. The normalized spacial score (nSPS) is 15.8. The number of sulfonamides is 1. The maximum Gasteiger partial charge on any atom is 0.266 e. The minimum Gasteiger partial charge on any atom is -0.497 e. The van der Waals surface area contributed by atoms with E-state index in [1.807, 2.05) is 6.92 Å². The topological polar surface area (TPSA) is 66.9 Å². The molecule has 7 heteroatoms. The molecular formula is C23H22N2O4S. The summed E-state index contributed by atoms with van der Waals surface area (Å²) in [5, 5.41) is 0. The average molecular weight is 423 g/mol. The molecule has 0 N–H and O–H groups in total. The van der Waals surface area contributed by atoms with Crippen LogP contribution in [0.15, 0.2) is 77.7 Å². The molecule has 0 unspecified atom stereocenters.